The van der Waals surface area contributed by atoms with E-state index in [4.69, 9.17) is 5.11 Å². The number of carbonyl (C=O) groups is 1. The summed E-state index contributed by atoms with van der Waals surface area (Å²) in [4.78, 5) is 10.7. The van der Waals surface area contributed by atoms with E-state index < -0.39 is 5.97 Å². The zero-order valence-corrected chi connectivity index (χ0v) is 8.10. The summed E-state index contributed by atoms with van der Waals surface area (Å²) >= 11 is 0. The Morgan fingerprint density at radius 3 is 2.73 bits per heavy atom. The number of aromatic nitrogens is 1. The summed E-state index contributed by atoms with van der Waals surface area (Å²) in [5.74, 6) is -0.991. The molecular formula is C11H9NO3. The fourth-order valence-electron chi connectivity index (χ4n) is 1.47. The fraction of sp³-hybridized carbons (Fsp3) is 0.0909. The lowest BCUT2D eigenvalue weighted by Crippen LogP contribution is -2.30. The van der Waals surface area contributed by atoms with E-state index in [2.05, 4.69) is 0 Å². The molecule has 1 aromatic heterocycles. The van der Waals surface area contributed by atoms with Crippen molar-refractivity contribution in [2.75, 3.05) is 0 Å². The maximum Gasteiger partial charge on any atom is 0.335 e. The van der Waals surface area contributed by atoms with Gasteiger partial charge in [0, 0.05) is 24.4 Å². The lowest BCUT2D eigenvalue weighted by molar-refractivity contribution is -0.584. The number of benzene rings is 1. The van der Waals surface area contributed by atoms with Gasteiger partial charge in [0.1, 0.15) is 0 Å². The number of aryl methyl sites for hydroxylation is 1. The second kappa shape index (κ2) is 3.24. The second-order valence-corrected chi connectivity index (χ2v) is 3.35. The molecule has 4 nitrogen and oxygen atoms in total. The molecule has 0 aliphatic heterocycles. The van der Waals surface area contributed by atoms with Gasteiger partial charge in [0.25, 0.3) is 0 Å². The summed E-state index contributed by atoms with van der Waals surface area (Å²) in [6, 6.07) is 7.86. The van der Waals surface area contributed by atoms with Crippen molar-refractivity contribution < 1.29 is 14.6 Å². The molecular weight excluding hydrogens is 194 g/mol. The third kappa shape index (κ3) is 1.50. The van der Waals surface area contributed by atoms with Crippen LogP contribution < -0.4 is 4.73 Å². The lowest BCUT2D eigenvalue weighted by Gasteiger charge is -2.04. The van der Waals surface area contributed by atoms with Gasteiger partial charge in [0.2, 0.25) is 5.52 Å². The molecule has 1 heterocycles. The van der Waals surface area contributed by atoms with Crippen LogP contribution in [0.15, 0.2) is 30.3 Å². The zero-order chi connectivity index (χ0) is 11.0. The summed E-state index contributed by atoms with van der Waals surface area (Å²) in [5.41, 5.74) is 1.26. The molecule has 2 aromatic rings. The number of hydrogen-bond donors (Lipinski definition) is 1. The molecule has 15 heavy (non-hydrogen) atoms. The monoisotopic (exact) mass is 203 g/mol. The van der Waals surface area contributed by atoms with Crippen LogP contribution in [0.4, 0.5) is 0 Å². The van der Waals surface area contributed by atoms with Gasteiger partial charge in [0.05, 0.1) is 5.56 Å². The van der Waals surface area contributed by atoms with Gasteiger partial charge in [-0.15, -0.1) is 0 Å². The van der Waals surface area contributed by atoms with Crippen LogP contribution in [0.5, 0.6) is 0 Å². The van der Waals surface area contributed by atoms with E-state index >= 15 is 0 Å². The smallest absolute Gasteiger partial charge is 0.335 e. The third-order valence-corrected chi connectivity index (χ3v) is 2.32. The maximum absolute atomic E-state index is 11.6. The molecule has 1 N–H and O–H groups in total. The van der Waals surface area contributed by atoms with Gasteiger partial charge in [-0.25, -0.2) is 4.79 Å². The molecule has 0 aliphatic rings. The number of pyridine rings is 1. The highest BCUT2D eigenvalue weighted by Crippen LogP contribution is 2.13. The first kappa shape index (κ1) is 9.45. The molecule has 0 aliphatic carbocycles. The van der Waals surface area contributed by atoms with Crippen LogP contribution in [0.25, 0.3) is 10.9 Å². The number of rotatable bonds is 1. The molecule has 4 heteroatoms. The molecule has 76 valence electrons. The normalized spacial score (nSPS) is 10.5. The van der Waals surface area contributed by atoms with Crippen molar-refractivity contribution in [2.24, 2.45) is 0 Å². The van der Waals surface area contributed by atoms with Crippen molar-refractivity contribution in [3.8, 4) is 0 Å². The van der Waals surface area contributed by atoms with Gasteiger partial charge >= 0.3 is 5.97 Å². The van der Waals surface area contributed by atoms with Gasteiger partial charge in [-0.2, -0.15) is 4.73 Å². The number of nitrogens with zero attached hydrogens (tertiary/aromatic N) is 1. The Balaban J connectivity index is 2.75. The van der Waals surface area contributed by atoms with Crippen molar-refractivity contribution in [1.82, 2.24) is 0 Å². The number of carboxylic acids is 1. The first-order valence-corrected chi connectivity index (χ1v) is 4.46. The highest BCUT2D eigenvalue weighted by molar-refractivity contribution is 5.92. The van der Waals surface area contributed by atoms with Gasteiger partial charge in [0.15, 0.2) is 5.69 Å². The van der Waals surface area contributed by atoms with Crippen molar-refractivity contribution in [3.05, 3.63) is 46.8 Å². The van der Waals surface area contributed by atoms with E-state index in [0.29, 0.717) is 16.6 Å². The molecule has 0 atom stereocenters. The molecule has 0 fully saturated rings. The predicted molar refractivity (Wildman–Crippen MR) is 54.6 cm³/mol. The minimum Gasteiger partial charge on any atom is -0.618 e. The van der Waals surface area contributed by atoms with Crippen molar-refractivity contribution in [1.29, 1.82) is 0 Å². The van der Waals surface area contributed by atoms with Crippen LogP contribution in [0.3, 0.4) is 0 Å². The largest absolute Gasteiger partial charge is 0.618 e. The number of aromatic carboxylic acids is 1. The summed E-state index contributed by atoms with van der Waals surface area (Å²) in [7, 11) is 0. The van der Waals surface area contributed by atoms with Gasteiger partial charge in [-0.05, 0) is 18.2 Å². The van der Waals surface area contributed by atoms with E-state index in [1.165, 1.54) is 18.2 Å². The van der Waals surface area contributed by atoms with Gasteiger partial charge in [-0.1, -0.05) is 0 Å². The molecule has 0 amide bonds. The van der Waals surface area contributed by atoms with E-state index in [-0.39, 0.29) is 5.56 Å². The van der Waals surface area contributed by atoms with Crippen LogP contribution >= 0.6 is 0 Å². The summed E-state index contributed by atoms with van der Waals surface area (Å²) in [6.45, 7) is 1.71. The number of fused-ring (bicyclic) bond motifs is 1. The molecule has 0 unspecified atom stereocenters. The summed E-state index contributed by atoms with van der Waals surface area (Å²) in [6.07, 6.45) is 0. The van der Waals surface area contributed by atoms with Crippen LogP contribution in [-0.2, 0) is 0 Å². The van der Waals surface area contributed by atoms with Crippen LogP contribution in [0.2, 0.25) is 0 Å². The topological polar surface area (TPSA) is 64.2 Å². The Labute approximate surface area is 86.0 Å². The minimum absolute atomic E-state index is 0.186. The first-order chi connectivity index (χ1) is 7.09. The van der Waals surface area contributed by atoms with Gasteiger partial charge < -0.3 is 10.3 Å². The Morgan fingerprint density at radius 1 is 1.33 bits per heavy atom. The number of carboxylic acid groups (broad SMARTS) is 1. The summed E-state index contributed by atoms with van der Waals surface area (Å²) in [5, 5.41) is 21.0. The predicted octanol–water partition coefficient (Wildman–Crippen LogP) is 1.48. The van der Waals surface area contributed by atoms with E-state index in [0.717, 1.165) is 4.73 Å². The van der Waals surface area contributed by atoms with Crippen molar-refractivity contribution in [3.63, 3.8) is 0 Å². The average molecular weight is 203 g/mol. The highest BCUT2D eigenvalue weighted by Gasteiger charge is 2.09. The first-order valence-electron chi connectivity index (χ1n) is 4.46. The lowest BCUT2D eigenvalue weighted by atomic mass is 10.1. The van der Waals surface area contributed by atoms with E-state index in [1.54, 1.807) is 19.1 Å². The summed E-state index contributed by atoms with van der Waals surface area (Å²) < 4.78 is 0.793. The fourth-order valence-corrected chi connectivity index (χ4v) is 1.47. The molecule has 0 bridgehead atoms. The molecule has 0 saturated heterocycles. The standard InChI is InChI=1S/C11H9NO3/c1-7-2-3-8-6-9(11(13)14)4-5-10(8)12(7)15/h2-6H,1H3,(H,13,14). The molecule has 0 saturated carbocycles. The van der Waals surface area contributed by atoms with Gasteiger partial charge in [-0.3, -0.25) is 0 Å². The van der Waals surface area contributed by atoms with Crippen LogP contribution in [-0.4, -0.2) is 11.1 Å². The third-order valence-electron chi connectivity index (χ3n) is 2.32. The Morgan fingerprint density at radius 2 is 2.07 bits per heavy atom. The van der Waals surface area contributed by atoms with Crippen molar-refractivity contribution in [2.45, 2.75) is 6.92 Å². The maximum atomic E-state index is 11.6. The Hall–Kier alpha value is -2.10. The quantitative estimate of drug-likeness (QED) is 0.564. The average Bonchev–Trinajstić information content (AvgIpc) is 2.23. The minimum atomic E-state index is -0.991. The second-order valence-electron chi connectivity index (χ2n) is 3.35. The highest BCUT2D eigenvalue weighted by atomic mass is 16.5. The van der Waals surface area contributed by atoms with Crippen LogP contribution in [0, 0.1) is 12.1 Å². The molecule has 0 radical (unpaired) electrons. The Kier molecular flexibility index (Phi) is 2.04. The Bertz CT molecular complexity index is 549. The number of hydrogen-bond acceptors (Lipinski definition) is 2. The SMILES string of the molecule is Cc1ccc2cc(C(=O)O)ccc2[n+]1[O-]. The molecule has 0 spiro atoms. The van der Waals surface area contributed by atoms with Crippen molar-refractivity contribution >= 4 is 16.9 Å². The molecule has 2 rings (SSSR count). The zero-order valence-electron chi connectivity index (χ0n) is 8.10. The van der Waals surface area contributed by atoms with E-state index in [1.807, 2.05) is 0 Å². The molecule has 1 aromatic carbocycles. The van der Waals surface area contributed by atoms with Crippen LogP contribution in [0.1, 0.15) is 16.1 Å². The van der Waals surface area contributed by atoms with E-state index in [9.17, 15) is 10.0 Å².